The summed E-state index contributed by atoms with van der Waals surface area (Å²) in [4.78, 5) is 40.7. The van der Waals surface area contributed by atoms with Crippen molar-refractivity contribution < 1.29 is 19.1 Å². The van der Waals surface area contributed by atoms with Gasteiger partial charge in [0.1, 0.15) is 0 Å². The number of morpholine rings is 1. The minimum Gasteiger partial charge on any atom is -0.379 e. The zero-order valence-electron chi connectivity index (χ0n) is 17.5. The first-order chi connectivity index (χ1) is 15.1. The molecule has 1 N–H and O–H groups in total. The fraction of sp³-hybridized carbons (Fsp3) is 0.375. The van der Waals surface area contributed by atoms with Crippen molar-refractivity contribution >= 4 is 17.7 Å². The third kappa shape index (κ3) is 5.00. The van der Waals surface area contributed by atoms with E-state index in [0.717, 1.165) is 38.4 Å². The van der Waals surface area contributed by atoms with E-state index in [0.29, 0.717) is 24.1 Å². The number of benzene rings is 2. The zero-order chi connectivity index (χ0) is 21.6. The molecule has 2 aliphatic rings. The molecule has 0 spiro atoms. The number of imide groups is 1. The average molecular weight is 421 g/mol. The second-order valence-electron chi connectivity index (χ2n) is 7.85. The molecule has 0 aliphatic carbocycles. The lowest BCUT2D eigenvalue weighted by Gasteiger charge is -2.27. The number of ether oxygens (including phenoxy) is 1. The van der Waals surface area contributed by atoms with Crippen molar-refractivity contribution in [3.8, 4) is 0 Å². The van der Waals surface area contributed by atoms with Gasteiger partial charge in [-0.25, -0.2) is 0 Å². The smallest absolute Gasteiger partial charge is 0.261 e. The number of fused-ring (bicyclic) bond motifs is 1. The van der Waals surface area contributed by atoms with Crippen LogP contribution in [0.3, 0.4) is 0 Å². The van der Waals surface area contributed by atoms with Gasteiger partial charge in [-0.05, 0) is 29.7 Å². The molecule has 0 saturated carbocycles. The summed E-state index contributed by atoms with van der Waals surface area (Å²) in [6, 6.07) is 15.0. The summed E-state index contributed by atoms with van der Waals surface area (Å²) < 4.78 is 5.41. The first-order valence-electron chi connectivity index (χ1n) is 10.7. The maximum absolute atomic E-state index is 12.4. The van der Waals surface area contributed by atoms with Gasteiger partial charge < -0.3 is 10.1 Å². The van der Waals surface area contributed by atoms with Crippen LogP contribution in [0.2, 0.25) is 0 Å². The molecule has 2 aromatic carbocycles. The lowest BCUT2D eigenvalue weighted by molar-refractivity contribution is -0.121. The molecule has 31 heavy (non-hydrogen) atoms. The molecule has 0 radical (unpaired) electrons. The highest BCUT2D eigenvalue weighted by Gasteiger charge is 2.34. The van der Waals surface area contributed by atoms with Gasteiger partial charge in [-0.2, -0.15) is 0 Å². The first-order valence-corrected chi connectivity index (χ1v) is 10.7. The fourth-order valence-corrected chi connectivity index (χ4v) is 4.01. The van der Waals surface area contributed by atoms with Crippen LogP contribution in [0.5, 0.6) is 0 Å². The quantitative estimate of drug-likeness (QED) is 0.661. The summed E-state index contributed by atoms with van der Waals surface area (Å²) in [5, 5.41) is 2.97. The number of amides is 3. The number of rotatable bonds is 8. The molecular weight excluding hydrogens is 394 g/mol. The summed E-state index contributed by atoms with van der Waals surface area (Å²) >= 11 is 0. The van der Waals surface area contributed by atoms with E-state index in [-0.39, 0.29) is 30.7 Å². The molecule has 2 aromatic rings. The zero-order valence-corrected chi connectivity index (χ0v) is 17.5. The van der Waals surface area contributed by atoms with Crippen LogP contribution in [0.1, 0.15) is 44.7 Å². The maximum Gasteiger partial charge on any atom is 0.261 e. The topological polar surface area (TPSA) is 79.0 Å². The van der Waals surface area contributed by atoms with Crippen LogP contribution in [-0.4, -0.2) is 60.4 Å². The highest BCUT2D eigenvalue weighted by atomic mass is 16.5. The van der Waals surface area contributed by atoms with Gasteiger partial charge in [0.15, 0.2) is 0 Å². The molecule has 2 heterocycles. The number of hydrogen-bond donors (Lipinski definition) is 1. The van der Waals surface area contributed by atoms with E-state index in [4.69, 9.17) is 4.74 Å². The van der Waals surface area contributed by atoms with Gasteiger partial charge in [0.2, 0.25) is 5.91 Å². The number of nitrogens with zero attached hydrogens (tertiary/aromatic N) is 2. The van der Waals surface area contributed by atoms with Crippen LogP contribution in [-0.2, 0) is 22.6 Å². The minimum atomic E-state index is -0.280. The van der Waals surface area contributed by atoms with E-state index in [1.807, 2.05) is 18.2 Å². The summed E-state index contributed by atoms with van der Waals surface area (Å²) in [5.41, 5.74) is 3.18. The maximum atomic E-state index is 12.4. The number of carbonyl (C=O) groups is 3. The van der Waals surface area contributed by atoms with Crippen LogP contribution >= 0.6 is 0 Å². The van der Waals surface area contributed by atoms with Crippen molar-refractivity contribution in [2.45, 2.75) is 25.9 Å². The van der Waals surface area contributed by atoms with Crippen LogP contribution in [0.4, 0.5) is 0 Å². The Kier molecular flexibility index (Phi) is 6.74. The van der Waals surface area contributed by atoms with Crippen LogP contribution in [0, 0.1) is 0 Å². The Bertz CT molecular complexity index is 934. The average Bonchev–Trinajstić information content (AvgIpc) is 3.04. The van der Waals surface area contributed by atoms with E-state index < -0.39 is 0 Å². The Labute approximate surface area is 182 Å². The molecular formula is C24H27N3O4. The Morgan fingerprint density at radius 2 is 1.52 bits per heavy atom. The van der Waals surface area contributed by atoms with Crippen LogP contribution in [0.15, 0.2) is 48.5 Å². The SMILES string of the molecule is O=C(CCCN1C(=O)c2ccccc2C1=O)NCc1ccccc1CN1CCOCC1. The normalized spacial score (nSPS) is 16.5. The van der Waals surface area contributed by atoms with Gasteiger partial charge in [0.25, 0.3) is 11.8 Å². The molecule has 7 nitrogen and oxygen atoms in total. The van der Waals surface area contributed by atoms with Crippen LogP contribution in [0.25, 0.3) is 0 Å². The molecule has 3 amide bonds. The summed E-state index contributed by atoms with van der Waals surface area (Å²) in [6.07, 6.45) is 0.700. The Morgan fingerprint density at radius 3 is 2.19 bits per heavy atom. The standard InChI is InChI=1S/C24H27N3O4/c28-22(10-5-11-27-23(29)20-8-3-4-9-21(20)24(27)30)25-16-18-6-1-2-7-19(18)17-26-12-14-31-15-13-26/h1-4,6-9H,5,10-17H2,(H,25,28). The second-order valence-corrected chi connectivity index (χ2v) is 7.85. The molecule has 0 unspecified atom stereocenters. The molecule has 7 heteroatoms. The van der Waals surface area contributed by atoms with E-state index in [1.54, 1.807) is 24.3 Å². The monoisotopic (exact) mass is 421 g/mol. The van der Waals surface area contributed by atoms with Gasteiger partial charge in [-0.3, -0.25) is 24.2 Å². The predicted octanol–water partition coefficient (Wildman–Crippen LogP) is 2.21. The van der Waals surface area contributed by atoms with Gasteiger partial charge in [-0.1, -0.05) is 36.4 Å². The summed E-state index contributed by atoms with van der Waals surface area (Å²) in [6.45, 7) is 4.89. The minimum absolute atomic E-state index is 0.0854. The summed E-state index contributed by atoms with van der Waals surface area (Å²) in [5.74, 6) is -0.645. The van der Waals surface area contributed by atoms with Crippen LogP contribution < -0.4 is 5.32 Å². The molecule has 1 fully saturated rings. The molecule has 1 saturated heterocycles. The first kappa shape index (κ1) is 21.2. The van der Waals surface area contributed by atoms with E-state index in [1.165, 1.54) is 10.5 Å². The number of hydrogen-bond acceptors (Lipinski definition) is 5. The Morgan fingerprint density at radius 1 is 0.903 bits per heavy atom. The third-order valence-corrected chi connectivity index (χ3v) is 5.76. The van der Waals surface area contributed by atoms with Crippen molar-refractivity contribution in [1.29, 1.82) is 0 Å². The van der Waals surface area contributed by atoms with Gasteiger partial charge >= 0.3 is 0 Å². The van der Waals surface area contributed by atoms with Crippen molar-refractivity contribution in [2.75, 3.05) is 32.8 Å². The van der Waals surface area contributed by atoms with Gasteiger partial charge in [0, 0.05) is 39.1 Å². The predicted molar refractivity (Wildman–Crippen MR) is 115 cm³/mol. The Balaban J connectivity index is 1.24. The second kappa shape index (κ2) is 9.85. The van der Waals surface area contributed by atoms with Crippen molar-refractivity contribution in [3.63, 3.8) is 0 Å². The molecule has 0 aromatic heterocycles. The van der Waals surface area contributed by atoms with E-state index >= 15 is 0 Å². The van der Waals surface area contributed by atoms with Gasteiger partial charge in [-0.15, -0.1) is 0 Å². The van der Waals surface area contributed by atoms with E-state index in [2.05, 4.69) is 16.3 Å². The highest BCUT2D eigenvalue weighted by molar-refractivity contribution is 6.21. The number of nitrogens with one attached hydrogen (secondary N) is 1. The van der Waals surface area contributed by atoms with Crippen molar-refractivity contribution in [1.82, 2.24) is 15.1 Å². The molecule has 4 rings (SSSR count). The third-order valence-electron chi connectivity index (χ3n) is 5.76. The van der Waals surface area contributed by atoms with E-state index in [9.17, 15) is 14.4 Å². The lowest BCUT2D eigenvalue weighted by atomic mass is 10.1. The summed E-state index contributed by atoms with van der Waals surface area (Å²) in [7, 11) is 0. The fourth-order valence-electron chi connectivity index (χ4n) is 4.01. The largest absolute Gasteiger partial charge is 0.379 e. The Hall–Kier alpha value is -3.03. The molecule has 0 atom stereocenters. The van der Waals surface area contributed by atoms with Crippen molar-refractivity contribution in [3.05, 3.63) is 70.8 Å². The lowest BCUT2D eigenvalue weighted by Crippen LogP contribution is -2.36. The van der Waals surface area contributed by atoms with Crippen molar-refractivity contribution in [2.24, 2.45) is 0 Å². The molecule has 0 bridgehead atoms. The van der Waals surface area contributed by atoms with Gasteiger partial charge in [0.05, 0.1) is 24.3 Å². The molecule has 2 aliphatic heterocycles. The number of carbonyl (C=O) groups excluding carboxylic acids is 3. The molecule has 162 valence electrons. The highest BCUT2D eigenvalue weighted by Crippen LogP contribution is 2.22.